The summed E-state index contributed by atoms with van der Waals surface area (Å²) in [6, 6.07) is 3.75. The number of esters is 1. The van der Waals surface area contributed by atoms with Crippen LogP contribution in [-0.4, -0.2) is 52.6 Å². The molecule has 8 nitrogen and oxygen atoms in total. The molecule has 0 saturated carbocycles. The molecule has 3 rings (SSSR count). The van der Waals surface area contributed by atoms with Gasteiger partial charge in [0.1, 0.15) is 23.8 Å². The van der Waals surface area contributed by atoms with E-state index in [1.807, 2.05) is 12.1 Å². The number of aromatic nitrogens is 4. The van der Waals surface area contributed by atoms with Crippen molar-refractivity contribution in [3.63, 3.8) is 0 Å². The Bertz CT molecular complexity index is 714. The topological polar surface area (TPSA) is 88.4 Å². The average molecular weight is 388 g/mol. The van der Waals surface area contributed by atoms with Gasteiger partial charge in [-0.1, -0.05) is 32.1 Å². The first-order chi connectivity index (χ1) is 13.7. The van der Waals surface area contributed by atoms with Crippen LogP contribution in [-0.2, 0) is 14.3 Å². The van der Waals surface area contributed by atoms with Gasteiger partial charge in [0.25, 0.3) is 0 Å². The lowest BCUT2D eigenvalue weighted by atomic mass is 9.80. The van der Waals surface area contributed by atoms with E-state index in [2.05, 4.69) is 15.1 Å². The number of unbranched alkanes of at least 4 members (excludes halogenated alkanes) is 5. The van der Waals surface area contributed by atoms with Crippen molar-refractivity contribution in [3.8, 4) is 11.6 Å². The van der Waals surface area contributed by atoms with Gasteiger partial charge >= 0.3 is 5.97 Å². The van der Waals surface area contributed by atoms with Crippen molar-refractivity contribution in [1.82, 2.24) is 19.7 Å². The van der Waals surface area contributed by atoms with E-state index in [1.165, 1.54) is 26.3 Å². The fraction of sp³-hybridized carbons (Fsp3) is 0.600. The molecule has 0 aliphatic carbocycles. The fourth-order valence-corrected chi connectivity index (χ4v) is 3.31. The summed E-state index contributed by atoms with van der Waals surface area (Å²) >= 11 is 0. The zero-order chi connectivity index (χ0) is 19.7. The summed E-state index contributed by atoms with van der Waals surface area (Å²) in [7, 11) is 1.45. The molecule has 3 heterocycles. The molecular weight excluding hydrogens is 360 g/mol. The number of pyridine rings is 1. The quantitative estimate of drug-likeness (QED) is 0.408. The molecule has 1 aliphatic rings. The third kappa shape index (κ3) is 5.28. The van der Waals surface area contributed by atoms with Crippen LogP contribution in [0.3, 0.4) is 0 Å². The highest BCUT2D eigenvalue weighted by Crippen LogP contribution is 2.34. The van der Waals surface area contributed by atoms with E-state index >= 15 is 0 Å². The van der Waals surface area contributed by atoms with Gasteiger partial charge in [-0.2, -0.15) is 5.10 Å². The third-order valence-corrected chi connectivity index (χ3v) is 5.07. The van der Waals surface area contributed by atoms with Crippen molar-refractivity contribution in [1.29, 1.82) is 0 Å². The first-order valence-electron chi connectivity index (χ1n) is 9.83. The van der Waals surface area contributed by atoms with Crippen molar-refractivity contribution in [2.24, 2.45) is 5.41 Å². The summed E-state index contributed by atoms with van der Waals surface area (Å²) in [5, 5.41) is 4.04. The molecular formula is C20H28N4O4. The van der Waals surface area contributed by atoms with Crippen molar-refractivity contribution >= 4 is 5.97 Å². The van der Waals surface area contributed by atoms with Crippen molar-refractivity contribution in [3.05, 3.63) is 31.0 Å². The number of carbonyl (C=O) groups is 1. The Balaban J connectivity index is 1.21. The van der Waals surface area contributed by atoms with Gasteiger partial charge in [0, 0.05) is 0 Å². The minimum absolute atomic E-state index is 0.125. The fourth-order valence-electron chi connectivity index (χ4n) is 3.31. The van der Waals surface area contributed by atoms with Crippen LogP contribution in [0.2, 0.25) is 0 Å². The largest absolute Gasteiger partial charge is 0.492 e. The van der Waals surface area contributed by atoms with Gasteiger partial charge in [0.2, 0.25) is 0 Å². The van der Waals surface area contributed by atoms with Crippen LogP contribution in [0.1, 0.15) is 44.9 Å². The van der Waals surface area contributed by atoms with Crippen LogP contribution >= 0.6 is 0 Å². The van der Waals surface area contributed by atoms with Crippen LogP contribution in [0.5, 0.6) is 5.75 Å². The molecule has 0 spiro atoms. The summed E-state index contributed by atoms with van der Waals surface area (Å²) in [6.07, 6.45) is 12.3. The van der Waals surface area contributed by atoms with Gasteiger partial charge in [0.15, 0.2) is 5.82 Å². The molecule has 0 aromatic carbocycles. The second-order valence-electron chi connectivity index (χ2n) is 7.18. The molecule has 2 aromatic rings. The highest BCUT2D eigenvalue weighted by molar-refractivity contribution is 5.77. The Morgan fingerprint density at radius 2 is 1.96 bits per heavy atom. The summed E-state index contributed by atoms with van der Waals surface area (Å²) < 4.78 is 17.5. The van der Waals surface area contributed by atoms with Gasteiger partial charge < -0.3 is 14.2 Å². The van der Waals surface area contributed by atoms with Crippen LogP contribution in [0.4, 0.5) is 0 Å². The van der Waals surface area contributed by atoms with E-state index in [0.717, 1.165) is 37.9 Å². The Kier molecular flexibility index (Phi) is 7.36. The van der Waals surface area contributed by atoms with E-state index in [4.69, 9.17) is 14.2 Å². The first kappa shape index (κ1) is 20.3. The van der Waals surface area contributed by atoms with Gasteiger partial charge in [-0.3, -0.25) is 4.79 Å². The molecule has 0 amide bonds. The Morgan fingerprint density at radius 3 is 2.57 bits per heavy atom. The molecule has 152 valence electrons. The Morgan fingerprint density at radius 1 is 1.18 bits per heavy atom. The van der Waals surface area contributed by atoms with E-state index in [1.54, 1.807) is 17.2 Å². The predicted octanol–water partition coefficient (Wildman–Crippen LogP) is 2.96. The molecule has 2 aromatic heterocycles. The van der Waals surface area contributed by atoms with Crippen molar-refractivity contribution in [2.75, 3.05) is 26.9 Å². The normalized spacial score (nSPS) is 15.0. The van der Waals surface area contributed by atoms with Gasteiger partial charge in [-0.05, 0) is 25.0 Å². The van der Waals surface area contributed by atoms with Crippen LogP contribution < -0.4 is 4.74 Å². The minimum Gasteiger partial charge on any atom is -0.492 e. The van der Waals surface area contributed by atoms with Crippen LogP contribution in [0.15, 0.2) is 31.0 Å². The van der Waals surface area contributed by atoms with Crippen molar-refractivity contribution in [2.45, 2.75) is 44.9 Å². The zero-order valence-corrected chi connectivity index (χ0v) is 16.4. The van der Waals surface area contributed by atoms with E-state index in [-0.39, 0.29) is 11.4 Å². The number of methoxy groups -OCH3 is 1. The van der Waals surface area contributed by atoms with Crippen molar-refractivity contribution < 1.29 is 19.0 Å². The maximum atomic E-state index is 11.8. The van der Waals surface area contributed by atoms with Gasteiger partial charge in [-0.15, -0.1) is 0 Å². The molecule has 28 heavy (non-hydrogen) atoms. The molecule has 1 aliphatic heterocycles. The molecule has 0 N–H and O–H groups in total. The first-order valence-corrected chi connectivity index (χ1v) is 9.83. The standard InChI is InChI=1S/C20H28N4O4/c1-26-19(25)20(13-27-14-20)10-6-4-2-3-5-7-11-28-17-8-9-18(22-12-17)24-16-21-15-23-24/h8-9,12,15-16H,2-7,10-11,13-14H2,1H3. The molecule has 0 radical (unpaired) electrons. The monoisotopic (exact) mass is 388 g/mol. The molecule has 8 heteroatoms. The lowest BCUT2D eigenvalue weighted by Crippen LogP contribution is -2.49. The second kappa shape index (κ2) is 10.2. The lowest BCUT2D eigenvalue weighted by molar-refractivity contribution is -0.184. The number of hydrogen-bond acceptors (Lipinski definition) is 7. The number of nitrogens with zero attached hydrogens (tertiary/aromatic N) is 4. The smallest absolute Gasteiger partial charge is 0.316 e. The summed E-state index contributed by atoms with van der Waals surface area (Å²) in [5.74, 6) is 1.35. The van der Waals surface area contributed by atoms with Crippen LogP contribution in [0.25, 0.3) is 5.82 Å². The number of rotatable bonds is 12. The zero-order valence-electron chi connectivity index (χ0n) is 16.4. The maximum absolute atomic E-state index is 11.8. The third-order valence-electron chi connectivity index (χ3n) is 5.07. The predicted molar refractivity (Wildman–Crippen MR) is 102 cm³/mol. The summed E-state index contributed by atoms with van der Waals surface area (Å²) in [4.78, 5) is 20.0. The molecule has 1 saturated heterocycles. The lowest BCUT2D eigenvalue weighted by Gasteiger charge is -2.38. The second-order valence-corrected chi connectivity index (χ2v) is 7.18. The molecule has 0 atom stereocenters. The van der Waals surface area contributed by atoms with E-state index in [0.29, 0.717) is 25.6 Å². The van der Waals surface area contributed by atoms with Gasteiger partial charge in [-0.25, -0.2) is 14.6 Å². The molecule has 1 fully saturated rings. The molecule has 0 unspecified atom stereocenters. The Hall–Kier alpha value is -2.48. The minimum atomic E-state index is -0.375. The SMILES string of the molecule is COC(=O)C1(CCCCCCCCOc2ccc(-n3cncn3)nc2)COC1. The summed E-state index contributed by atoms with van der Waals surface area (Å²) in [5.41, 5.74) is -0.375. The highest BCUT2D eigenvalue weighted by atomic mass is 16.5. The van der Waals surface area contributed by atoms with Crippen LogP contribution in [0, 0.1) is 5.41 Å². The van der Waals surface area contributed by atoms with E-state index in [9.17, 15) is 4.79 Å². The van der Waals surface area contributed by atoms with E-state index < -0.39 is 0 Å². The number of hydrogen-bond donors (Lipinski definition) is 0. The molecule has 0 bridgehead atoms. The Labute approximate surface area is 165 Å². The maximum Gasteiger partial charge on any atom is 0.316 e. The number of carbonyl (C=O) groups excluding carboxylic acids is 1. The summed E-state index contributed by atoms with van der Waals surface area (Å²) in [6.45, 7) is 1.70. The van der Waals surface area contributed by atoms with Gasteiger partial charge in [0.05, 0.1) is 33.1 Å². The highest BCUT2D eigenvalue weighted by Gasteiger charge is 2.46. The average Bonchev–Trinajstić information content (AvgIpc) is 3.23. The number of ether oxygens (including phenoxy) is 3.